The van der Waals surface area contributed by atoms with E-state index in [2.05, 4.69) is 10.2 Å². The number of anilines is 1. The number of benzene rings is 1. The molecule has 2 heterocycles. The van der Waals surface area contributed by atoms with Crippen LogP contribution in [0.15, 0.2) is 18.2 Å². The summed E-state index contributed by atoms with van der Waals surface area (Å²) in [6.45, 7) is 5.81. The van der Waals surface area contributed by atoms with Crippen molar-refractivity contribution in [3.05, 3.63) is 24.0 Å². The lowest BCUT2D eigenvalue weighted by Gasteiger charge is -2.23. The number of hydrogen-bond donors (Lipinski definition) is 1. The molecule has 0 bridgehead atoms. The van der Waals surface area contributed by atoms with E-state index >= 15 is 0 Å². The maximum Gasteiger partial charge on any atom is 0.150 e. The Balaban J connectivity index is 1.61. The number of ether oxygens (including phenoxy) is 2. The molecule has 1 N–H and O–H groups in total. The van der Waals surface area contributed by atoms with Crippen LogP contribution in [0.25, 0.3) is 0 Å². The third-order valence-corrected chi connectivity index (χ3v) is 4.11. The van der Waals surface area contributed by atoms with Crippen molar-refractivity contribution in [2.45, 2.75) is 12.8 Å². The van der Waals surface area contributed by atoms with Crippen LogP contribution in [-0.2, 0) is 4.74 Å². The summed E-state index contributed by atoms with van der Waals surface area (Å²) in [5, 5.41) is 3.33. The molecular weight excluding hydrogens is 271 g/mol. The lowest BCUT2D eigenvalue weighted by atomic mass is 10.1. The van der Waals surface area contributed by atoms with E-state index in [1.54, 1.807) is 0 Å². The number of nitrogens with zero attached hydrogens (tertiary/aromatic N) is 1. The molecule has 0 spiro atoms. The molecule has 2 aliphatic heterocycles. The van der Waals surface area contributed by atoms with Crippen LogP contribution in [0.1, 0.15) is 12.8 Å². The molecule has 2 aliphatic rings. The highest BCUT2D eigenvalue weighted by atomic mass is 19.1. The molecule has 1 unspecified atom stereocenters. The topological polar surface area (TPSA) is 33.7 Å². The monoisotopic (exact) mass is 294 g/mol. The van der Waals surface area contributed by atoms with Crippen molar-refractivity contribution < 1.29 is 13.9 Å². The fourth-order valence-corrected chi connectivity index (χ4v) is 2.85. The Morgan fingerprint density at radius 2 is 2.29 bits per heavy atom. The van der Waals surface area contributed by atoms with E-state index in [-0.39, 0.29) is 5.82 Å². The van der Waals surface area contributed by atoms with E-state index in [0.29, 0.717) is 24.0 Å². The summed E-state index contributed by atoms with van der Waals surface area (Å²) in [7, 11) is 0. The zero-order valence-corrected chi connectivity index (χ0v) is 12.3. The van der Waals surface area contributed by atoms with Crippen LogP contribution < -0.4 is 15.0 Å². The Morgan fingerprint density at radius 1 is 1.33 bits per heavy atom. The molecule has 0 aromatic heterocycles. The van der Waals surface area contributed by atoms with Crippen molar-refractivity contribution >= 4 is 5.69 Å². The molecule has 2 fully saturated rings. The second-order valence-electron chi connectivity index (χ2n) is 5.74. The molecule has 21 heavy (non-hydrogen) atoms. The Hall–Kier alpha value is -1.33. The van der Waals surface area contributed by atoms with Gasteiger partial charge in [-0.1, -0.05) is 0 Å². The van der Waals surface area contributed by atoms with E-state index in [1.807, 2.05) is 12.1 Å². The molecule has 1 atom stereocenters. The van der Waals surface area contributed by atoms with Gasteiger partial charge in [0.1, 0.15) is 11.6 Å². The third-order valence-electron chi connectivity index (χ3n) is 4.11. The van der Waals surface area contributed by atoms with Gasteiger partial charge in [0.05, 0.1) is 18.9 Å². The van der Waals surface area contributed by atoms with Crippen LogP contribution in [0.5, 0.6) is 5.75 Å². The molecule has 4 nitrogen and oxygen atoms in total. The zero-order valence-electron chi connectivity index (χ0n) is 12.3. The maximum atomic E-state index is 14.3. The number of nitrogens with one attached hydrogen (secondary N) is 1. The van der Waals surface area contributed by atoms with E-state index in [9.17, 15) is 4.39 Å². The summed E-state index contributed by atoms with van der Waals surface area (Å²) in [6.07, 6.45) is 2.07. The smallest absolute Gasteiger partial charge is 0.150 e. The lowest BCUT2D eigenvalue weighted by molar-refractivity contribution is 0.167. The summed E-state index contributed by atoms with van der Waals surface area (Å²) >= 11 is 0. The summed E-state index contributed by atoms with van der Waals surface area (Å²) in [5.74, 6) is 0.845. The molecule has 116 valence electrons. The van der Waals surface area contributed by atoms with Crippen LogP contribution in [-0.4, -0.2) is 46.0 Å². The Kier molecular flexibility index (Phi) is 4.93. The molecule has 3 rings (SSSR count). The molecule has 0 aliphatic carbocycles. The molecule has 0 amide bonds. The van der Waals surface area contributed by atoms with Gasteiger partial charge in [-0.2, -0.15) is 0 Å². The van der Waals surface area contributed by atoms with E-state index in [1.165, 1.54) is 6.07 Å². The fourth-order valence-electron chi connectivity index (χ4n) is 2.85. The van der Waals surface area contributed by atoms with Gasteiger partial charge < -0.3 is 19.7 Å². The first kappa shape index (κ1) is 14.6. The Morgan fingerprint density at radius 3 is 3.10 bits per heavy atom. The molecule has 2 saturated heterocycles. The van der Waals surface area contributed by atoms with Gasteiger partial charge in [0, 0.05) is 38.2 Å². The van der Waals surface area contributed by atoms with Crippen molar-refractivity contribution in [2.24, 2.45) is 5.92 Å². The minimum Gasteiger partial charge on any atom is -0.493 e. The summed E-state index contributed by atoms with van der Waals surface area (Å²) < 4.78 is 25.3. The molecule has 1 aromatic carbocycles. The van der Waals surface area contributed by atoms with Gasteiger partial charge in [-0.3, -0.25) is 0 Å². The number of hydrogen-bond acceptors (Lipinski definition) is 4. The Bertz CT molecular complexity index is 456. The van der Waals surface area contributed by atoms with Gasteiger partial charge in [-0.15, -0.1) is 0 Å². The molecule has 1 aromatic rings. The third kappa shape index (κ3) is 3.86. The van der Waals surface area contributed by atoms with Crippen LogP contribution in [0.2, 0.25) is 0 Å². The predicted octanol–water partition coefficient (Wildman–Crippen LogP) is 2.04. The van der Waals surface area contributed by atoms with Gasteiger partial charge in [-0.25, -0.2) is 4.39 Å². The van der Waals surface area contributed by atoms with Crippen molar-refractivity contribution in [1.29, 1.82) is 0 Å². The summed E-state index contributed by atoms with van der Waals surface area (Å²) in [5.41, 5.74) is 0.676. The van der Waals surface area contributed by atoms with Crippen molar-refractivity contribution in [3.8, 4) is 5.75 Å². The first-order chi connectivity index (χ1) is 10.3. The Labute approximate surface area is 125 Å². The maximum absolute atomic E-state index is 14.3. The van der Waals surface area contributed by atoms with Crippen LogP contribution >= 0.6 is 0 Å². The highest BCUT2D eigenvalue weighted by molar-refractivity contribution is 5.50. The van der Waals surface area contributed by atoms with Gasteiger partial charge in [-0.05, 0) is 31.5 Å². The first-order valence-electron chi connectivity index (χ1n) is 7.79. The van der Waals surface area contributed by atoms with Gasteiger partial charge in [0.15, 0.2) is 0 Å². The van der Waals surface area contributed by atoms with Crippen molar-refractivity contribution in [3.63, 3.8) is 0 Å². The number of halogens is 1. The average molecular weight is 294 g/mol. The van der Waals surface area contributed by atoms with E-state index in [4.69, 9.17) is 9.47 Å². The SMILES string of the molecule is Fc1cc(OCC2CCOC2)ccc1N1CCCNCC1. The standard InChI is InChI=1S/C16H23FN2O2/c17-15-10-14(21-12-13-4-9-20-11-13)2-3-16(15)19-7-1-5-18-6-8-19/h2-3,10,13,18H,1,4-9,11-12H2. The highest BCUT2D eigenvalue weighted by Crippen LogP contribution is 2.25. The molecule has 5 heteroatoms. The summed E-state index contributed by atoms with van der Waals surface area (Å²) in [4.78, 5) is 2.10. The summed E-state index contributed by atoms with van der Waals surface area (Å²) in [6, 6.07) is 5.21. The van der Waals surface area contributed by atoms with Gasteiger partial charge in [0.2, 0.25) is 0 Å². The lowest BCUT2D eigenvalue weighted by Crippen LogP contribution is -2.28. The normalized spacial score (nSPS) is 23.1. The minimum absolute atomic E-state index is 0.197. The van der Waals surface area contributed by atoms with E-state index in [0.717, 1.165) is 52.2 Å². The van der Waals surface area contributed by atoms with Crippen molar-refractivity contribution in [1.82, 2.24) is 5.32 Å². The first-order valence-corrected chi connectivity index (χ1v) is 7.79. The van der Waals surface area contributed by atoms with Crippen LogP contribution in [0, 0.1) is 11.7 Å². The molecule has 0 radical (unpaired) electrons. The molecular formula is C16H23FN2O2. The minimum atomic E-state index is -0.197. The second kappa shape index (κ2) is 7.09. The second-order valence-corrected chi connectivity index (χ2v) is 5.74. The predicted molar refractivity (Wildman–Crippen MR) is 80.5 cm³/mol. The quantitative estimate of drug-likeness (QED) is 0.921. The zero-order chi connectivity index (χ0) is 14.5. The molecule has 0 saturated carbocycles. The highest BCUT2D eigenvalue weighted by Gasteiger charge is 2.17. The van der Waals surface area contributed by atoms with E-state index < -0.39 is 0 Å². The van der Waals surface area contributed by atoms with Crippen LogP contribution in [0.3, 0.4) is 0 Å². The number of rotatable bonds is 4. The fraction of sp³-hybridized carbons (Fsp3) is 0.625. The van der Waals surface area contributed by atoms with Gasteiger partial charge >= 0.3 is 0 Å². The van der Waals surface area contributed by atoms with Crippen LogP contribution in [0.4, 0.5) is 10.1 Å². The van der Waals surface area contributed by atoms with Gasteiger partial charge in [0.25, 0.3) is 0 Å². The average Bonchev–Trinajstić information content (AvgIpc) is 2.87. The van der Waals surface area contributed by atoms with Crippen molar-refractivity contribution in [2.75, 3.05) is 50.9 Å². The largest absolute Gasteiger partial charge is 0.493 e.